The van der Waals surface area contributed by atoms with Crippen molar-refractivity contribution in [3.05, 3.63) is 34.5 Å². The van der Waals surface area contributed by atoms with Crippen molar-refractivity contribution < 1.29 is 5.11 Å². The van der Waals surface area contributed by atoms with Gasteiger partial charge in [0.25, 0.3) is 0 Å². The van der Waals surface area contributed by atoms with Crippen LogP contribution in [0.4, 0.5) is 0 Å². The topological polar surface area (TPSA) is 20.2 Å². The maximum atomic E-state index is 8.95. The molecule has 48 valence electrons. The zero-order valence-corrected chi connectivity index (χ0v) is 6.43. The molecule has 2 heteroatoms. The lowest BCUT2D eigenvalue weighted by molar-refractivity contribution is 0.402. The molecule has 1 aliphatic rings. The molecule has 0 fully saturated rings. The summed E-state index contributed by atoms with van der Waals surface area (Å²) in [5.41, 5.74) is 0. The van der Waals surface area contributed by atoms with E-state index in [1.807, 2.05) is 18.2 Å². The number of rotatable bonds is 0. The molecule has 9 heavy (non-hydrogen) atoms. The van der Waals surface area contributed by atoms with Gasteiger partial charge < -0.3 is 5.11 Å². The SMILES string of the molecule is OC1=CC=CC(Br)=CC1. The largest absolute Gasteiger partial charge is 0.512 e. The Morgan fingerprint density at radius 2 is 2.33 bits per heavy atom. The average Bonchev–Trinajstić information content (AvgIpc) is 1.97. The molecule has 0 atom stereocenters. The third-order valence-corrected chi connectivity index (χ3v) is 1.64. The van der Waals surface area contributed by atoms with Gasteiger partial charge in [0, 0.05) is 10.9 Å². The van der Waals surface area contributed by atoms with Crippen LogP contribution in [0.25, 0.3) is 0 Å². The highest BCUT2D eigenvalue weighted by molar-refractivity contribution is 9.11. The molecule has 1 nitrogen and oxygen atoms in total. The van der Waals surface area contributed by atoms with Crippen LogP contribution in [-0.2, 0) is 0 Å². The second-order valence-corrected chi connectivity index (χ2v) is 2.73. The van der Waals surface area contributed by atoms with E-state index < -0.39 is 0 Å². The molecule has 0 aromatic rings. The van der Waals surface area contributed by atoms with E-state index in [0.717, 1.165) is 4.48 Å². The molecule has 0 spiro atoms. The Balaban J connectivity index is 2.75. The molecule has 1 N–H and O–H groups in total. The molecule has 0 aromatic heterocycles. The van der Waals surface area contributed by atoms with Gasteiger partial charge in [-0.3, -0.25) is 0 Å². The van der Waals surface area contributed by atoms with Gasteiger partial charge in [-0.05, 0) is 12.2 Å². The summed E-state index contributed by atoms with van der Waals surface area (Å²) in [5, 5.41) is 8.95. The van der Waals surface area contributed by atoms with Crippen LogP contribution in [0.3, 0.4) is 0 Å². The van der Waals surface area contributed by atoms with Crippen molar-refractivity contribution in [3.63, 3.8) is 0 Å². The first-order valence-corrected chi connectivity index (χ1v) is 3.50. The Bertz CT molecular complexity index is 186. The van der Waals surface area contributed by atoms with Crippen LogP contribution >= 0.6 is 15.9 Å². The minimum Gasteiger partial charge on any atom is -0.512 e. The van der Waals surface area contributed by atoms with Crippen LogP contribution in [0.5, 0.6) is 0 Å². The first-order chi connectivity index (χ1) is 4.29. The quantitative estimate of drug-likeness (QED) is 0.617. The Hall–Kier alpha value is -0.500. The molecule has 0 saturated heterocycles. The van der Waals surface area contributed by atoms with Crippen molar-refractivity contribution in [3.8, 4) is 0 Å². The normalized spacial score (nSPS) is 18.3. The Labute approximate surface area is 62.5 Å². The summed E-state index contributed by atoms with van der Waals surface area (Å²) in [4.78, 5) is 0. The number of hydrogen-bond donors (Lipinski definition) is 1. The minimum atomic E-state index is 0.403. The van der Waals surface area contributed by atoms with Crippen molar-refractivity contribution in [1.29, 1.82) is 0 Å². The lowest BCUT2D eigenvalue weighted by Crippen LogP contribution is -1.73. The highest BCUT2D eigenvalue weighted by Gasteiger charge is 1.92. The zero-order valence-electron chi connectivity index (χ0n) is 4.84. The van der Waals surface area contributed by atoms with Crippen LogP contribution in [-0.4, -0.2) is 5.11 Å². The third-order valence-electron chi connectivity index (χ3n) is 1.05. The number of halogens is 1. The maximum Gasteiger partial charge on any atom is 0.0960 e. The fourth-order valence-electron chi connectivity index (χ4n) is 0.589. The van der Waals surface area contributed by atoms with Crippen molar-refractivity contribution in [1.82, 2.24) is 0 Å². The molecule has 0 radical (unpaired) electrons. The van der Waals surface area contributed by atoms with Crippen molar-refractivity contribution >= 4 is 15.9 Å². The smallest absolute Gasteiger partial charge is 0.0960 e. The molecular weight excluding hydrogens is 180 g/mol. The van der Waals surface area contributed by atoms with Gasteiger partial charge in [0.05, 0.1) is 5.76 Å². The third kappa shape index (κ3) is 2.06. The first kappa shape index (κ1) is 6.62. The van der Waals surface area contributed by atoms with Gasteiger partial charge in [0.1, 0.15) is 0 Å². The summed E-state index contributed by atoms with van der Waals surface area (Å²) in [5.74, 6) is 0.403. The van der Waals surface area contributed by atoms with Gasteiger partial charge >= 0.3 is 0 Å². The van der Waals surface area contributed by atoms with Gasteiger partial charge in [-0.25, -0.2) is 0 Å². The maximum absolute atomic E-state index is 8.95. The summed E-state index contributed by atoms with van der Waals surface area (Å²) >= 11 is 3.30. The summed E-state index contributed by atoms with van der Waals surface area (Å²) in [6, 6.07) is 0. The van der Waals surface area contributed by atoms with E-state index >= 15 is 0 Å². The van der Waals surface area contributed by atoms with Gasteiger partial charge in [-0.15, -0.1) is 0 Å². The summed E-state index contributed by atoms with van der Waals surface area (Å²) < 4.78 is 1.02. The lowest BCUT2D eigenvalue weighted by Gasteiger charge is -1.87. The zero-order chi connectivity index (χ0) is 6.69. The fourth-order valence-corrected chi connectivity index (χ4v) is 0.904. The standard InChI is InChI=1S/C7H7BrO/c8-6-2-1-3-7(9)5-4-6/h1-4,9H,5H2. The van der Waals surface area contributed by atoms with Crippen molar-refractivity contribution in [2.45, 2.75) is 6.42 Å². The molecule has 0 unspecified atom stereocenters. The molecule has 0 aliphatic heterocycles. The van der Waals surface area contributed by atoms with E-state index in [9.17, 15) is 0 Å². The molecule has 0 heterocycles. The van der Waals surface area contributed by atoms with Gasteiger partial charge in [-0.2, -0.15) is 0 Å². The van der Waals surface area contributed by atoms with E-state index in [0.29, 0.717) is 12.2 Å². The number of allylic oxidation sites excluding steroid dienone is 5. The summed E-state index contributed by atoms with van der Waals surface area (Å²) in [6.07, 6.45) is 7.92. The van der Waals surface area contributed by atoms with Gasteiger partial charge in [0.2, 0.25) is 0 Å². The van der Waals surface area contributed by atoms with E-state index in [1.165, 1.54) is 0 Å². The second kappa shape index (κ2) is 2.87. The molecule has 0 amide bonds. The number of hydrogen-bond acceptors (Lipinski definition) is 1. The van der Waals surface area contributed by atoms with Crippen LogP contribution < -0.4 is 0 Å². The molecule has 1 rings (SSSR count). The van der Waals surface area contributed by atoms with Gasteiger partial charge in [0.15, 0.2) is 0 Å². The number of aliphatic hydroxyl groups is 1. The Kier molecular flexibility index (Phi) is 2.11. The molecule has 0 bridgehead atoms. The van der Waals surface area contributed by atoms with E-state index in [4.69, 9.17) is 5.11 Å². The van der Waals surface area contributed by atoms with Crippen molar-refractivity contribution in [2.75, 3.05) is 0 Å². The van der Waals surface area contributed by atoms with Crippen LogP contribution in [0.2, 0.25) is 0 Å². The van der Waals surface area contributed by atoms with E-state index in [2.05, 4.69) is 15.9 Å². The first-order valence-electron chi connectivity index (χ1n) is 2.71. The van der Waals surface area contributed by atoms with Crippen LogP contribution in [0, 0.1) is 0 Å². The number of aliphatic hydroxyl groups excluding tert-OH is 1. The molecule has 0 aromatic carbocycles. The minimum absolute atomic E-state index is 0.403. The Morgan fingerprint density at radius 1 is 1.56 bits per heavy atom. The monoisotopic (exact) mass is 186 g/mol. The van der Waals surface area contributed by atoms with E-state index in [-0.39, 0.29) is 0 Å². The van der Waals surface area contributed by atoms with Crippen LogP contribution in [0.1, 0.15) is 6.42 Å². The van der Waals surface area contributed by atoms with E-state index in [1.54, 1.807) is 6.08 Å². The lowest BCUT2D eigenvalue weighted by atomic mass is 10.3. The predicted octanol–water partition coefficient (Wildman–Crippen LogP) is 2.67. The highest BCUT2D eigenvalue weighted by atomic mass is 79.9. The fraction of sp³-hybridized carbons (Fsp3) is 0.143. The molecule has 0 saturated carbocycles. The highest BCUT2D eigenvalue weighted by Crippen LogP contribution is 2.13. The van der Waals surface area contributed by atoms with Gasteiger partial charge in [-0.1, -0.05) is 28.1 Å². The predicted molar refractivity (Wildman–Crippen MR) is 41.5 cm³/mol. The summed E-state index contributed by atoms with van der Waals surface area (Å²) in [7, 11) is 0. The Morgan fingerprint density at radius 3 is 3.11 bits per heavy atom. The summed E-state index contributed by atoms with van der Waals surface area (Å²) in [6.45, 7) is 0. The molecule has 1 aliphatic carbocycles. The molecular formula is C7H7BrO. The van der Waals surface area contributed by atoms with Crippen molar-refractivity contribution in [2.24, 2.45) is 0 Å². The van der Waals surface area contributed by atoms with Crippen LogP contribution in [0.15, 0.2) is 34.5 Å². The second-order valence-electron chi connectivity index (χ2n) is 1.81. The average molecular weight is 187 g/mol.